The standard InChI is InChI=1S/C7H8N4O3S/c1-11-7-4(3-9-11)5(12)2-6(10-7)15(8,13)14/h2-3H,1H3,(H,10,12)(H2,8,13,14). The van der Waals surface area contributed by atoms with Crippen molar-refractivity contribution in [1.29, 1.82) is 0 Å². The highest BCUT2D eigenvalue weighted by Gasteiger charge is 2.13. The van der Waals surface area contributed by atoms with Crippen molar-refractivity contribution in [3.05, 3.63) is 22.5 Å². The van der Waals surface area contributed by atoms with Crippen LogP contribution in [-0.2, 0) is 17.1 Å². The van der Waals surface area contributed by atoms with E-state index in [-0.39, 0.29) is 5.03 Å². The third-order valence-corrected chi connectivity index (χ3v) is 2.85. The normalized spacial score (nSPS) is 12.1. The topological polar surface area (TPSA) is 111 Å². The van der Waals surface area contributed by atoms with Gasteiger partial charge in [0.1, 0.15) is 5.65 Å². The number of H-pyrrole nitrogens is 1. The Labute approximate surface area is 84.6 Å². The number of nitrogens with zero attached hydrogens (tertiary/aromatic N) is 2. The molecule has 0 radical (unpaired) electrons. The summed E-state index contributed by atoms with van der Waals surface area (Å²) in [7, 11) is -2.32. The second-order valence-corrected chi connectivity index (χ2v) is 4.60. The summed E-state index contributed by atoms with van der Waals surface area (Å²) in [6.45, 7) is 0. The molecule has 3 N–H and O–H groups in total. The van der Waals surface area contributed by atoms with Crippen molar-refractivity contribution in [3.63, 3.8) is 0 Å². The molecule has 0 saturated heterocycles. The van der Waals surface area contributed by atoms with E-state index in [1.807, 2.05) is 0 Å². The van der Waals surface area contributed by atoms with Crippen molar-refractivity contribution < 1.29 is 8.42 Å². The first kappa shape index (κ1) is 9.87. The van der Waals surface area contributed by atoms with Crippen LogP contribution in [0.5, 0.6) is 0 Å². The second kappa shape index (κ2) is 2.91. The molecule has 7 nitrogen and oxygen atoms in total. The number of aryl methyl sites for hydroxylation is 1. The molecule has 80 valence electrons. The number of hydrogen-bond acceptors (Lipinski definition) is 4. The smallest absolute Gasteiger partial charge is 0.253 e. The monoisotopic (exact) mass is 228 g/mol. The first-order valence-corrected chi connectivity index (χ1v) is 5.52. The van der Waals surface area contributed by atoms with E-state index in [1.165, 1.54) is 10.9 Å². The van der Waals surface area contributed by atoms with Gasteiger partial charge in [-0.2, -0.15) is 5.10 Å². The molecule has 0 aliphatic rings. The van der Waals surface area contributed by atoms with Crippen LogP contribution in [0.1, 0.15) is 0 Å². The molecule has 0 fully saturated rings. The van der Waals surface area contributed by atoms with Gasteiger partial charge in [-0.25, -0.2) is 13.6 Å². The lowest BCUT2D eigenvalue weighted by molar-refractivity contribution is 0.594. The number of pyridine rings is 1. The highest BCUT2D eigenvalue weighted by atomic mass is 32.2. The van der Waals surface area contributed by atoms with Crippen LogP contribution < -0.4 is 10.6 Å². The molecule has 0 aliphatic heterocycles. The van der Waals surface area contributed by atoms with Gasteiger partial charge in [0.2, 0.25) is 0 Å². The first-order chi connectivity index (χ1) is 6.89. The van der Waals surface area contributed by atoms with Crippen LogP contribution in [0.25, 0.3) is 11.0 Å². The molecule has 2 aromatic rings. The lowest BCUT2D eigenvalue weighted by Crippen LogP contribution is -2.17. The average molecular weight is 228 g/mol. The number of hydrogen-bond donors (Lipinski definition) is 2. The minimum absolute atomic E-state index is 0.316. The van der Waals surface area contributed by atoms with E-state index in [4.69, 9.17) is 5.14 Å². The summed E-state index contributed by atoms with van der Waals surface area (Å²) in [5.41, 5.74) is -0.104. The van der Waals surface area contributed by atoms with Gasteiger partial charge in [0.05, 0.1) is 11.6 Å². The van der Waals surface area contributed by atoms with Gasteiger partial charge in [-0.15, -0.1) is 0 Å². The largest absolute Gasteiger partial charge is 0.329 e. The zero-order valence-electron chi connectivity index (χ0n) is 7.76. The number of aromatic amines is 1. The molecule has 0 unspecified atom stereocenters. The van der Waals surface area contributed by atoms with E-state index in [9.17, 15) is 13.2 Å². The average Bonchev–Trinajstić information content (AvgIpc) is 2.47. The third kappa shape index (κ3) is 1.53. The summed E-state index contributed by atoms with van der Waals surface area (Å²) in [5.74, 6) is 0. The van der Waals surface area contributed by atoms with Gasteiger partial charge >= 0.3 is 0 Å². The predicted molar refractivity (Wildman–Crippen MR) is 52.7 cm³/mol. The van der Waals surface area contributed by atoms with E-state index in [1.54, 1.807) is 7.05 Å². The molecule has 2 aromatic heterocycles. The van der Waals surface area contributed by atoms with E-state index < -0.39 is 15.5 Å². The molecule has 0 atom stereocenters. The van der Waals surface area contributed by atoms with E-state index in [2.05, 4.69) is 10.1 Å². The predicted octanol–water partition coefficient (Wildman–Crippen LogP) is -1.09. The van der Waals surface area contributed by atoms with E-state index >= 15 is 0 Å². The van der Waals surface area contributed by atoms with Crippen molar-refractivity contribution in [2.45, 2.75) is 5.03 Å². The van der Waals surface area contributed by atoms with Crippen molar-refractivity contribution >= 4 is 21.1 Å². The SMILES string of the molecule is Cn1ncc2c(=O)cc(S(N)(=O)=O)[nH]c21. The Hall–Kier alpha value is -1.67. The minimum Gasteiger partial charge on any atom is -0.329 e. The fraction of sp³-hybridized carbons (Fsp3) is 0.143. The summed E-state index contributed by atoms with van der Waals surface area (Å²) >= 11 is 0. The van der Waals surface area contributed by atoms with Crippen LogP contribution in [0.2, 0.25) is 0 Å². The van der Waals surface area contributed by atoms with Gasteiger partial charge in [0.25, 0.3) is 10.0 Å². The molecule has 2 rings (SSSR count). The highest BCUT2D eigenvalue weighted by Crippen LogP contribution is 2.08. The number of primary sulfonamides is 1. The fourth-order valence-corrected chi connectivity index (χ4v) is 1.78. The molecule has 2 heterocycles. The Balaban J connectivity index is 2.95. The molecular weight excluding hydrogens is 220 g/mol. The van der Waals surface area contributed by atoms with Gasteiger partial charge in [0.15, 0.2) is 10.5 Å². The zero-order valence-corrected chi connectivity index (χ0v) is 8.58. The Morgan fingerprint density at radius 1 is 1.53 bits per heavy atom. The maximum Gasteiger partial charge on any atom is 0.253 e. The quantitative estimate of drug-likeness (QED) is 0.645. The van der Waals surface area contributed by atoms with Gasteiger partial charge < -0.3 is 4.98 Å². The van der Waals surface area contributed by atoms with Crippen LogP contribution in [0, 0.1) is 0 Å². The van der Waals surface area contributed by atoms with Gasteiger partial charge in [-0.05, 0) is 0 Å². The van der Waals surface area contributed by atoms with E-state index in [0.717, 1.165) is 6.07 Å². The summed E-state index contributed by atoms with van der Waals surface area (Å²) in [4.78, 5) is 14.0. The first-order valence-electron chi connectivity index (χ1n) is 3.97. The second-order valence-electron chi connectivity index (χ2n) is 3.07. The molecule has 0 saturated carbocycles. The molecule has 0 bridgehead atoms. The van der Waals surface area contributed by atoms with Crippen molar-refractivity contribution in [3.8, 4) is 0 Å². The summed E-state index contributed by atoms with van der Waals surface area (Å²) in [6.07, 6.45) is 1.36. The Bertz CT molecular complexity index is 682. The number of nitrogens with two attached hydrogens (primary N) is 1. The molecule has 0 aromatic carbocycles. The summed E-state index contributed by atoms with van der Waals surface area (Å²) in [5, 5.41) is 8.75. The van der Waals surface area contributed by atoms with Gasteiger partial charge in [0, 0.05) is 13.1 Å². The molecule has 15 heavy (non-hydrogen) atoms. The van der Waals surface area contributed by atoms with Crippen molar-refractivity contribution in [1.82, 2.24) is 14.8 Å². The summed E-state index contributed by atoms with van der Waals surface area (Å²) in [6, 6.07) is 0.944. The molecular formula is C7H8N4O3S. The number of rotatable bonds is 1. The third-order valence-electron chi connectivity index (χ3n) is 2.01. The number of nitrogens with one attached hydrogen (secondary N) is 1. The maximum atomic E-state index is 11.5. The molecule has 0 spiro atoms. The molecule has 8 heteroatoms. The van der Waals surface area contributed by atoms with Crippen LogP contribution >= 0.6 is 0 Å². The van der Waals surface area contributed by atoms with Crippen molar-refractivity contribution in [2.75, 3.05) is 0 Å². The van der Waals surface area contributed by atoms with Crippen LogP contribution in [0.15, 0.2) is 22.1 Å². The maximum absolute atomic E-state index is 11.5. The van der Waals surface area contributed by atoms with Crippen LogP contribution in [0.3, 0.4) is 0 Å². The number of aromatic nitrogens is 3. The van der Waals surface area contributed by atoms with Crippen molar-refractivity contribution in [2.24, 2.45) is 12.2 Å². The summed E-state index contributed by atoms with van der Waals surface area (Å²) < 4.78 is 23.4. The molecule has 0 aliphatic carbocycles. The lowest BCUT2D eigenvalue weighted by atomic mass is 10.3. The minimum atomic E-state index is -3.91. The number of fused-ring (bicyclic) bond motifs is 1. The van der Waals surface area contributed by atoms with Gasteiger partial charge in [-0.1, -0.05) is 0 Å². The Morgan fingerprint density at radius 3 is 2.80 bits per heavy atom. The highest BCUT2D eigenvalue weighted by molar-refractivity contribution is 7.89. The zero-order chi connectivity index (χ0) is 11.2. The van der Waals surface area contributed by atoms with E-state index in [0.29, 0.717) is 11.0 Å². The Morgan fingerprint density at radius 2 is 2.20 bits per heavy atom. The fourth-order valence-electron chi connectivity index (χ4n) is 1.27. The lowest BCUT2D eigenvalue weighted by Gasteiger charge is -1.99. The van der Waals surface area contributed by atoms with Gasteiger partial charge in [-0.3, -0.25) is 9.48 Å². The number of sulfonamides is 1. The molecule has 0 amide bonds. The van der Waals surface area contributed by atoms with Crippen LogP contribution in [-0.4, -0.2) is 23.2 Å². The Kier molecular flexibility index (Phi) is 1.91. The van der Waals surface area contributed by atoms with Crippen LogP contribution in [0.4, 0.5) is 0 Å².